The molecule has 0 spiro atoms. The van der Waals surface area contributed by atoms with Crippen LogP contribution < -0.4 is 5.32 Å². The molecule has 106 valence electrons. The standard InChI is InChI=1S/C13H26N2O2S/c1-13(2,3)18(16,17)9-8-15-7-6-11-4-5-12(10-15)14-11/h11-12,14H,4-10H2,1-3H3. The molecule has 5 heteroatoms. The van der Waals surface area contributed by atoms with E-state index in [1.165, 1.54) is 12.8 Å². The van der Waals surface area contributed by atoms with Crippen molar-refractivity contribution in [2.75, 3.05) is 25.4 Å². The highest BCUT2D eigenvalue weighted by atomic mass is 32.2. The Hall–Kier alpha value is -0.130. The maximum Gasteiger partial charge on any atom is 0.156 e. The van der Waals surface area contributed by atoms with E-state index in [0.717, 1.165) is 19.5 Å². The maximum atomic E-state index is 12.1. The van der Waals surface area contributed by atoms with Crippen molar-refractivity contribution in [3.8, 4) is 0 Å². The van der Waals surface area contributed by atoms with Crippen molar-refractivity contribution in [2.24, 2.45) is 0 Å². The van der Waals surface area contributed by atoms with Gasteiger partial charge in [-0.15, -0.1) is 0 Å². The van der Waals surface area contributed by atoms with Gasteiger partial charge in [0.1, 0.15) is 0 Å². The zero-order valence-electron chi connectivity index (χ0n) is 11.8. The second-order valence-corrected chi connectivity index (χ2v) is 9.52. The first-order valence-electron chi connectivity index (χ1n) is 6.99. The van der Waals surface area contributed by atoms with Crippen LogP contribution in [0.25, 0.3) is 0 Å². The summed E-state index contributed by atoms with van der Waals surface area (Å²) in [6, 6.07) is 1.24. The summed E-state index contributed by atoms with van der Waals surface area (Å²) >= 11 is 0. The molecule has 0 radical (unpaired) electrons. The summed E-state index contributed by atoms with van der Waals surface area (Å²) in [7, 11) is -2.98. The molecular formula is C13H26N2O2S. The Balaban J connectivity index is 1.87. The summed E-state index contributed by atoms with van der Waals surface area (Å²) in [5.41, 5.74) is 0. The molecule has 2 bridgehead atoms. The van der Waals surface area contributed by atoms with Crippen LogP contribution in [0.5, 0.6) is 0 Å². The molecule has 2 aliphatic rings. The van der Waals surface area contributed by atoms with Crippen LogP contribution in [0.4, 0.5) is 0 Å². The molecule has 0 aromatic carbocycles. The second kappa shape index (κ2) is 5.10. The highest BCUT2D eigenvalue weighted by Crippen LogP contribution is 2.21. The lowest BCUT2D eigenvalue weighted by atomic mass is 10.1. The van der Waals surface area contributed by atoms with E-state index in [0.29, 0.717) is 18.6 Å². The molecule has 1 N–H and O–H groups in total. The maximum absolute atomic E-state index is 12.1. The molecule has 2 heterocycles. The number of hydrogen-bond donors (Lipinski definition) is 1. The Kier molecular flexibility index (Phi) is 4.04. The zero-order valence-corrected chi connectivity index (χ0v) is 12.6. The molecule has 0 aromatic rings. The molecule has 0 amide bonds. The molecule has 2 saturated heterocycles. The fraction of sp³-hybridized carbons (Fsp3) is 1.00. The first kappa shape index (κ1) is 14.3. The number of rotatable bonds is 3. The summed E-state index contributed by atoms with van der Waals surface area (Å²) in [4.78, 5) is 2.32. The molecule has 0 aromatic heterocycles. The number of nitrogens with one attached hydrogen (secondary N) is 1. The summed E-state index contributed by atoms with van der Waals surface area (Å²) in [5, 5.41) is 3.62. The van der Waals surface area contributed by atoms with Crippen molar-refractivity contribution >= 4 is 9.84 Å². The van der Waals surface area contributed by atoms with Crippen molar-refractivity contribution in [3.63, 3.8) is 0 Å². The van der Waals surface area contributed by atoms with Gasteiger partial charge in [-0.3, -0.25) is 0 Å². The minimum absolute atomic E-state index is 0.286. The van der Waals surface area contributed by atoms with Crippen molar-refractivity contribution in [1.29, 1.82) is 0 Å². The van der Waals surface area contributed by atoms with E-state index in [4.69, 9.17) is 0 Å². The van der Waals surface area contributed by atoms with E-state index in [9.17, 15) is 8.42 Å². The minimum atomic E-state index is -2.98. The second-order valence-electron chi connectivity index (χ2n) is 6.66. The van der Waals surface area contributed by atoms with E-state index < -0.39 is 14.6 Å². The van der Waals surface area contributed by atoms with Gasteiger partial charge in [-0.2, -0.15) is 0 Å². The number of fused-ring (bicyclic) bond motifs is 2. The Morgan fingerprint density at radius 2 is 1.83 bits per heavy atom. The highest BCUT2D eigenvalue weighted by molar-refractivity contribution is 7.92. The van der Waals surface area contributed by atoms with Crippen LogP contribution in [-0.2, 0) is 9.84 Å². The Morgan fingerprint density at radius 3 is 2.50 bits per heavy atom. The van der Waals surface area contributed by atoms with Gasteiger partial charge in [0, 0.05) is 25.2 Å². The summed E-state index contributed by atoms with van der Waals surface area (Å²) in [5.74, 6) is 0.286. The van der Waals surface area contributed by atoms with E-state index >= 15 is 0 Å². The van der Waals surface area contributed by atoms with Crippen LogP contribution >= 0.6 is 0 Å². The number of nitrogens with zero attached hydrogens (tertiary/aromatic N) is 1. The first-order valence-corrected chi connectivity index (χ1v) is 8.64. The van der Waals surface area contributed by atoms with Gasteiger partial charge in [0.25, 0.3) is 0 Å². The van der Waals surface area contributed by atoms with Crippen molar-refractivity contribution < 1.29 is 8.42 Å². The van der Waals surface area contributed by atoms with Crippen LogP contribution in [0, 0.1) is 0 Å². The smallest absolute Gasteiger partial charge is 0.156 e. The third-order valence-corrected chi connectivity index (χ3v) is 6.80. The minimum Gasteiger partial charge on any atom is -0.310 e. The van der Waals surface area contributed by atoms with Gasteiger partial charge in [0.15, 0.2) is 9.84 Å². The van der Waals surface area contributed by atoms with E-state index in [1.807, 2.05) is 0 Å². The number of likely N-dealkylation sites (tertiary alicyclic amines) is 1. The summed E-state index contributed by atoms with van der Waals surface area (Å²) in [6.07, 6.45) is 3.69. The lowest BCUT2D eigenvalue weighted by molar-refractivity contribution is 0.272. The van der Waals surface area contributed by atoms with Gasteiger partial charge >= 0.3 is 0 Å². The van der Waals surface area contributed by atoms with E-state index in [-0.39, 0.29) is 5.75 Å². The van der Waals surface area contributed by atoms with E-state index in [2.05, 4.69) is 10.2 Å². The molecule has 2 rings (SSSR count). The molecule has 2 atom stereocenters. The van der Waals surface area contributed by atoms with Crippen LogP contribution in [0.15, 0.2) is 0 Å². The zero-order chi connectivity index (χ0) is 13.4. The molecule has 2 fully saturated rings. The molecule has 2 unspecified atom stereocenters. The predicted octanol–water partition coefficient (Wildman–Crippen LogP) is 1.03. The fourth-order valence-electron chi connectivity index (χ4n) is 2.77. The fourth-order valence-corrected chi connectivity index (χ4v) is 3.88. The molecule has 0 aliphatic carbocycles. The van der Waals surface area contributed by atoms with Gasteiger partial charge in [0.2, 0.25) is 0 Å². The highest BCUT2D eigenvalue weighted by Gasteiger charge is 2.32. The van der Waals surface area contributed by atoms with Crippen molar-refractivity contribution in [2.45, 2.75) is 56.9 Å². The summed E-state index contributed by atoms with van der Waals surface area (Å²) in [6.45, 7) is 8.09. The van der Waals surface area contributed by atoms with Gasteiger partial charge < -0.3 is 10.2 Å². The first-order chi connectivity index (χ1) is 8.28. The van der Waals surface area contributed by atoms with Crippen molar-refractivity contribution in [1.82, 2.24) is 10.2 Å². The average molecular weight is 274 g/mol. The quantitative estimate of drug-likeness (QED) is 0.835. The average Bonchev–Trinajstić information content (AvgIpc) is 2.55. The van der Waals surface area contributed by atoms with Crippen molar-refractivity contribution in [3.05, 3.63) is 0 Å². The van der Waals surface area contributed by atoms with Gasteiger partial charge in [-0.05, 0) is 46.6 Å². The third-order valence-electron chi connectivity index (χ3n) is 4.22. The number of hydrogen-bond acceptors (Lipinski definition) is 4. The molecule has 18 heavy (non-hydrogen) atoms. The molecule has 0 saturated carbocycles. The Morgan fingerprint density at radius 1 is 1.17 bits per heavy atom. The normalized spacial score (nSPS) is 30.4. The Labute approximate surface area is 111 Å². The third kappa shape index (κ3) is 3.25. The van der Waals surface area contributed by atoms with E-state index in [1.54, 1.807) is 20.8 Å². The van der Waals surface area contributed by atoms with Gasteiger partial charge in [0.05, 0.1) is 10.5 Å². The van der Waals surface area contributed by atoms with Crippen LogP contribution in [-0.4, -0.2) is 55.5 Å². The molecule has 4 nitrogen and oxygen atoms in total. The lowest BCUT2D eigenvalue weighted by Crippen LogP contribution is -2.40. The summed E-state index contributed by atoms with van der Waals surface area (Å²) < 4.78 is 23.6. The van der Waals surface area contributed by atoms with Gasteiger partial charge in [-0.1, -0.05) is 0 Å². The Bertz CT molecular complexity index is 386. The lowest BCUT2D eigenvalue weighted by Gasteiger charge is -2.26. The monoisotopic (exact) mass is 274 g/mol. The molecular weight excluding hydrogens is 248 g/mol. The van der Waals surface area contributed by atoms with Crippen LogP contribution in [0.3, 0.4) is 0 Å². The van der Waals surface area contributed by atoms with Crippen LogP contribution in [0.2, 0.25) is 0 Å². The number of sulfone groups is 1. The topological polar surface area (TPSA) is 49.4 Å². The molecule has 2 aliphatic heterocycles. The van der Waals surface area contributed by atoms with Crippen LogP contribution in [0.1, 0.15) is 40.0 Å². The predicted molar refractivity (Wildman–Crippen MR) is 74.5 cm³/mol. The SMILES string of the molecule is CC(C)(C)S(=O)(=O)CCN1CCC2CCC(C1)N2. The largest absolute Gasteiger partial charge is 0.310 e. The van der Waals surface area contributed by atoms with Gasteiger partial charge in [-0.25, -0.2) is 8.42 Å².